The molecule has 1 N–H and O–H groups in total. The highest BCUT2D eigenvalue weighted by Gasteiger charge is 2.26. The van der Waals surface area contributed by atoms with Gasteiger partial charge in [0.2, 0.25) is 0 Å². The topological polar surface area (TPSA) is 35.8 Å². The highest BCUT2D eigenvalue weighted by Crippen LogP contribution is 2.28. The fourth-order valence-electron chi connectivity index (χ4n) is 1.62. The first-order valence-corrected chi connectivity index (χ1v) is 6.98. The van der Waals surface area contributed by atoms with Crippen molar-refractivity contribution >= 4 is 21.6 Å². The van der Waals surface area contributed by atoms with Gasteiger partial charge in [0.1, 0.15) is 5.54 Å². The molecule has 98 valence electrons. The third-order valence-corrected chi connectivity index (χ3v) is 3.41. The largest absolute Gasteiger partial charge is 0.368 e. The van der Waals surface area contributed by atoms with E-state index in [0.29, 0.717) is 0 Å². The number of halogens is 1. The summed E-state index contributed by atoms with van der Waals surface area (Å²) in [5.41, 5.74) is 0.719. The van der Waals surface area contributed by atoms with Crippen LogP contribution in [-0.4, -0.2) is 5.54 Å². The minimum atomic E-state index is -0.513. The quantitative estimate of drug-likeness (QED) is 0.852. The van der Waals surface area contributed by atoms with E-state index in [9.17, 15) is 5.26 Å². The zero-order chi connectivity index (χ0) is 13.8. The molecule has 0 bridgehead atoms. The van der Waals surface area contributed by atoms with E-state index >= 15 is 0 Å². The maximum absolute atomic E-state index is 9.38. The summed E-state index contributed by atoms with van der Waals surface area (Å²) in [6, 6.07) is 10.3. The molecule has 0 heterocycles. The summed E-state index contributed by atoms with van der Waals surface area (Å²) in [6.45, 7) is 8.56. The van der Waals surface area contributed by atoms with E-state index in [4.69, 9.17) is 0 Å². The molecule has 18 heavy (non-hydrogen) atoms. The van der Waals surface area contributed by atoms with Crippen molar-refractivity contribution in [3.05, 3.63) is 28.7 Å². The molecule has 1 unspecified atom stereocenters. The van der Waals surface area contributed by atoms with Crippen molar-refractivity contribution in [2.75, 3.05) is 5.32 Å². The Bertz CT molecular complexity index is 425. The molecule has 0 radical (unpaired) electrons. The predicted octanol–water partition coefficient (Wildman–Crippen LogP) is 4.97. The molecule has 0 aliphatic heterocycles. The van der Waals surface area contributed by atoms with E-state index in [0.717, 1.165) is 23.0 Å². The van der Waals surface area contributed by atoms with Crippen molar-refractivity contribution in [3.8, 4) is 6.07 Å². The second kappa shape index (κ2) is 5.75. The van der Waals surface area contributed by atoms with Crippen LogP contribution in [0, 0.1) is 16.7 Å². The third-order valence-electron chi connectivity index (χ3n) is 2.89. The van der Waals surface area contributed by atoms with E-state index in [1.165, 1.54) is 0 Å². The Morgan fingerprint density at radius 3 is 2.11 bits per heavy atom. The first kappa shape index (κ1) is 15.0. The summed E-state index contributed by atoms with van der Waals surface area (Å²) in [5, 5.41) is 12.7. The van der Waals surface area contributed by atoms with Gasteiger partial charge in [-0.3, -0.25) is 0 Å². The van der Waals surface area contributed by atoms with Crippen LogP contribution in [0.4, 0.5) is 5.69 Å². The highest BCUT2D eigenvalue weighted by atomic mass is 79.9. The Hall–Kier alpha value is -1.01. The van der Waals surface area contributed by atoms with Crippen LogP contribution in [0.15, 0.2) is 28.7 Å². The molecule has 0 amide bonds. The average molecular weight is 309 g/mol. The summed E-state index contributed by atoms with van der Waals surface area (Å²) in [5.74, 6) is 0. The Labute approximate surface area is 119 Å². The second-order valence-electron chi connectivity index (χ2n) is 6.14. The lowest BCUT2D eigenvalue weighted by Crippen LogP contribution is -2.34. The van der Waals surface area contributed by atoms with Crippen LogP contribution in [-0.2, 0) is 0 Å². The molecule has 1 aromatic rings. The summed E-state index contributed by atoms with van der Waals surface area (Å²) >= 11 is 3.41. The highest BCUT2D eigenvalue weighted by molar-refractivity contribution is 9.10. The molecule has 0 spiro atoms. The minimum Gasteiger partial charge on any atom is -0.368 e. The van der Waals surface area contributed by atoms with E-state index in [2.05, 4.69) is 48.1 Å². The van der Waals surface area contributed by atoms with Crippen molar-refractivity contribution in [2.24, 2.45) is 5.41 Å². The Kier molecular flexibility index (Phi) is 4.81. The van der Waals surface area contributed by atoms with Gasteiger partial charge in [0, 0.05) is 10.2 Å². The van der Waals surface area contributed by atoms with Crippen LogP contribution < -0.4 is 5.32 Å². The molecule has 0 aromatic heterocycles. The van der Waals surface area contributed by atoms with Crippen LogP contribution in [0.2, 0.25) is 0 Å². The molecule has 1 aromatic carbocycles. The molecule has 3 heteroatoms. The first-order valence-electron chi connectivity index (χ1n) is 6.19. The van der Waals surface area contributed by atoms with E-state index in [-0.39, 0.29) is 5.41 Å². The fourth-order valence-corrected chi connectivity index (χ4v) is 1.89. The fraction of sp³-hybridized carbons (Fsp3) is 0.533. The van der Waals surface area contributed by atoms with Gasteiger partial charge in [0.15, 0.2) is 0 Å². The van der Waals surface area contributed by atoms with Gasteiger partial charge < -0.3 is 5.32 Å². The number of nitrogens with zero attached hydrogens (tertiary/aromatic N) is 1. The van der Waals surface area contributed by atoms with Crippen molar-refractivity contribution in [1.29, 1.82) is 5.26 Å². The molecular weight excluding hydrogens is 288 g/mol. The van der Waals surface area contributed by atoms with Gasteiger partial charge in [-0.2, -0.15) is 5.26 Å². The van der Waals surface area contributed by atoms with Gasteiger partial charge in [0.05, 0.1) is 6.07 Å². The predicted molar refractivity (Wildman–Crippen MR) is 80.5 cm³/mol. The maximum atomic E-state index is 9.38. The Morgan fingerprint density at radius 1 is 1.11 bits per heavy atom. The van der Waals surface area contributed by atoms with Gasteiger partial charge in [-0.15, -0.1) is 0 Å². The molecule has 0 fully saturated rings. The SMILES string of the molecule is CC(C)(C)CCC(C)(C#N)Nc1ccc(Br)cc1. The van der Waals surface area contributed by atoms with Gasteiger partial charge in [-0.05, 0) is 49.4 Å². The molecule has 0 aliphatic rings. The summed E-state index contributed by atoms with van der Waals surface area (Å²) in [7, 11) is 0. The van der Waals surface area contributed by atoms with Crippen molar-refractivity contribution in [2.45, 2.75) is 46.1 Å². The van der Waals surface area contributed by atoms with E-state index < -0.39 is 5.54 Å². The third kappa shape index (κ3) is 5.10. The first-order chi connectivity index (χ1) is 8.24. The van der Waals surface area contributed by atoms with Crippen molar-refractivity contribution in [1.82, 2.24) is 0 Å². The standard InChI is InChI=1S/C15H21BrN2/c1-14(2,3)9-10-15(4,11-17)18-13-7-5-12(16)6-8-13/h5-8,18H,9-10H2,1-4H3. The van der Waals surface area contributed by atoms with Gasteiger partial charge in [-0.1, -0.05) is 36.7 Å². The lowest BCUT2D eigenvalue weighted by Gasteiger charge is -2.28. The van der Waals surface area contributed by atoms with Crippen LogP contribution in [0.1, 0.15) is 40.5 Å². The van der Waals surface area contributed by atoms with Gasteiger partial charge in [0.25, 0.3) is 0 Å². The number of anilines is 1. The van der Waals surface area contributed by atoms with Crippen LogP contribution >= 0.6 is 15.9 Å². The number of nitriles is 1. The Balaban J connectivity index is 2.71. The zero-order valence-corrected chi connectivity index (χ0v) is 13.1. The van der Waals surface area contributed by atoms with E-state index in [1.54, 1.807) is 0 Å². The number of rotatable bonds is 4. The second-order valence-corrected chi connectivity index (χ2v) is 7.05. The number of hydrogen-bond donors (Lipinski definition) is 1. The normalized spacial score (nSPS) is 14.7. The zero-order valence-electron chi connectivity index (χ0n) is 11.5. The number of benzene rings is 1. The Morgan fingerprint density at radius 2 is 1.67 bits per heavy atom. The lowest BCUT2D eigenvalue weighted by atomic mass is 9.84. The molecular formula is C15H21BrN2. The van der Waals surface area contributed by atoms with Crippen LogP contribution in [0.5, 0.6) is 0 Å². The molecule has 0 saturated heterocycles. The van der Waals surface area contributed by atoms with Crippen molar-refractivity contribution in [3.63, 3.8) is 0 Å². The molecule has 1 atom stereocenters. The van der Waals surface area contributed by atoms with Crippen LogP contribution in [0.3, 0.4) is 0 Å². The maximum Gasteiger partial charge on any atom is 0.122 e. The molecule has 2 nitrogen and oxygen atoms in total. The minimum absolute atomic E-state index is 0.250. The van der Waals surface area contributed by atoms with Gasteiger partial charge in [-0.25, -0.2) is 0 Å². The summed E-state index contributed by atoms with van der Waals surface area (Å²) < 4.78 is 1.04. The lowest BCUT2D eigenvalue weighted by molar-refractivity contribution is 0.340. The number of nitrogens with one attached hydrogen (secondary N) is 1. The molecule has 0 aliphatic carbocycles. The summed E-state index contributed by atoms with van der Waals surface area (Å²) in [4.78, 5) is 0. The smallest absolute Gasteiger partial charge is 0.122 e. The molecule has 1 rings (SSSR count). The average Bonchev–Trinajstić information content (AvgIpc) is 2.29. The summed E-state index contributed by atoms with van der Waals surface area (Å²) in [6.07, 6.45) is 1.85. The monoisotopic (exact) mass is 308 g/mol. The van der Waals surface area contributed by atoms with E-state index in [1.807, 2.05) is 31.2 Å². The molecule has 0 saturated carbocycles. The number of hydrogen-bond acceptors (Lipinski definition) is 2. The van der Waals surface area contributed by atoms with Gasteiger partial charge >= 0.3 is 0 Å². The van der Waals surface area contributed by atoms with Crippen LogP contribution in [0.25, 0.3) is 0 Å². The van der Waals surface area contributed by atoms with Crippen molar-refractivity contribution < 1.29 is 0 Å².